The van der Waals surface area contributed by atoms with Crippen LogP contribution in [0.3, 0.4) is 0 Å². The summed E-state index contributed by atoms with van der Waals surface area (Å²) < 4.78 is 37.3. The van der Waals surface area contributed by atoms with Gasteiger partial charge in [0.25, 0.3) is 0 Å². The molecule has 1 atom stereocenters. The Kier molecular flexibility index (Phi) is 7.71. The van der Waals surface area contributed by atoms with Gasteiger partial charge in [-0.25, -0.2) is 32.5 Å². The highest BCUT2D eigenvalue weighted by Gasteiger charge is 2.29. The summed E-state index contributed by atoms with van der Waals surface area (Å²) in [6.07, 6.45) is 11.4. The molecule has 0 radical (unpaired) electrons. The van der Waals surface area contributed by atoms with Gasteiger partial charge in [0.15, 0.2) is 0 Å². The summed E-state index contributed by atoms with van der Waals surface area (Å²) in [5, 5.41) is 3.90. The van der Waals surface area contributed by atoms with Crippen LogP contribution in [0.1, 0.15) is 55.8 Å². The number of pyridine rings is 1. The normalized spacial score (nSPS) is 18.8. The van der Waals surface area contributed by atoms with Crippen molar-refractivity contribution in [3.63, 3.8) is 0 Å². The van der Waals surface area contributed by atoms with Gasteiger partial charge in [-0.2, -0.15) is 0 Å². The standard InChI is InChI=1S/C26H30FN7O2S/c1-16(17-2-4-18(5-3-17)21-8-9-28-23-7-6-20(27)12-22(21)23)25-30-15-24(34-25)19-13-31-26(32-14-19)29-10-11-33-37(35)36/h6-9,12-18,37H,2-5,10-11H2,1H3,(H,30,34)(H,29,31,32)(H,33,35,36). The van der Waals surface area contributed by atoms with Crippen LogP contribution in [-0.4, -0.2) is 46.4 Å². The van der Waals surface area contributed by atoms with Crippen LogP contribution in [0.25, 0.3) is 22.2 Å². The van der Waals surface area contributed by atoms with Crippen LogP contribution in [0.15, 0.2) is 49.1 Å². The molecule has 1 saturated carbocycles. The zero-order valence-corrected chi connectivity index (χ0v) is 21.4. The Labute approximate surface area is 216 Å². The second-order valence-corrected chi connectivity index (χ2v) is 10.4. The second-order valence-electron chi connectivity index (χ2n) is 9.52. The molecule has 0 saturated heterocycles. The zero-order valence-electron chi connectivity index (χ0n) is 20.5. The Hall–Kier alpha value is -3.44. The molecule has 1 unspecified atom stereocenters. The molecule has 0 spiro atoms. The summed E-state index contributed by atoms with van der Waals surface area (Å²) in [7, 11) is -2.60. The van der Waals surface area contributed by atoms with Gasteiger partial charge in [-0.15, -0.1) is 0 Å². The molecule has 1 fully saturated rings. The van der Waals surface area contributed by atoms with Gasteiger partial charge in [-0.3, -0.25) is 4.98 Å². The molecule has 0 amide bonds. The van der Waals surface area contributed by atoms with E-state index in [4.69, 9.17) is 4.98 Å². The van der Waals surface area contributed by atoms with E-state index in [1.165, 1.54) is 11.6 Å². The molecule has 5 rings (SSSR count). The molecule has 37 heavy (non-hydrogen) atoms. The van der Waals surface area contributed by atoms with Crippen LogP contribution >= 0.6 is 0 Å². The van der Waals surface area contributed by atoms with Crippen molar-refractivity contribution in [3.8, 4) is 11.3 Å². The molecule has 3 aromatic heterocycles. The van der Waals surface area contributed by atoms with Crippen LogP contribution in [0.4, 0.5) is 10.3 Å². The summed E-state index contributed by atoms with van der Waals surface area (Å²) >= 11 is 0. The third-order valence-electron chi connectivity index (χ3n) is 7.28. The minimum absolute atomic E-state index is 0.221. The van der Waals surface area contributed by atoms with E-state index in [2.05, 4.69) is 36.9 Å². The molecule has 1 aromatic carbocycles. The number of H-pyrrole nitrogens is 1. The number of nitrogens with one attached hydrogen (secondary N) is 3. The van der Waals surface area contributed by atoms with E-state index < -0.39 is 10.9 Å². The summed E-state index contributed by atoms with van der Waals surface area (Å²) in [4.78, 5) is 21.2. The third kappa shape index (κ3) is 5.94. The lowest BCUT2D eigenvalue weighted by Gasteiger charge is -2.32. The van der Waals surface area contributed by atoms with Gasteiger partial charge in [-0.05, 0) is 67.3 Å². The Morgan fingerprint density at radius 2 is 1.86 bits per heavy atom. The Morgan fingerprint density at radius 1 is 1.08 bits per heavy atom. The largest absolute Gasteiger partial charge is 0.353 e. The molecule has 1 aliphatic carbocycles. The first-order valence-electron chi connectivity index (χ1n) is 12.5. The minimum Gasteiger partial charge on any atom is -0.353 e. The first-order chi connectivity index (χ1) is 18.0. The van der Waals surface area contributed by atoms with Crippen molar-refractivity contribution in [1.29, 1.82) is 0 Å². The smallest absolute Gasteiger partial charge is 0.222 e. The summed E-state index contributed by atoms with van der Waals surface area (Å²) in [6, 6.07) is 6.88. The number of hydrogen-bond donors (Lipinski definition) is 4. The van der Waals surface area contributed by atoms with E-state index in [-0.39, 0.29) is 18.3 Å². The van der Waals surface area contributed by atoms with Gasteiger partial charge < -0.3 is 10.3 Å². The molecule has 3 heterocycles. The Balaban J connectivity index is 1.19. The monoisotopic (exact) mass is 523 g/mol. The zero-order chi connectivity index (χ0) is 25.8. The topological polar surface area (TPSA) is 126 Å². The van der Waals surface area contributed by atoms with Gasteiger partial charge in [-0.1, -0.05) is 6.92 Å². The summed E-state index contributed by atoms with van der Waals surface area (Å²) in [6.45, 7) is 2.88. The fourth-order valence-corrected chi connectivity index (χ4v) is 5.53. The fraction of sp³-hybridized carbons (Fsp3) is 0.385. The third-order valence-corrected chi connectivity index (χ3v) is 7.76. The second kappa shape index (κ2) is 11.3. The van der Waals surface area contributed by atoms with Gasteiger partial charge >= 0.3 is 0 Å². The maximum Gasteiger partial charge on any atom is 0.222 e. The number of hydrogen-bond acceptors (Lipinski definition) is 7. The van der Waals surface area contributed by atoms with Crippen LogP contribution in [0.2, 0.25) is 0 Å². The molecule has 9 nitrogen and oxygen atoms in total. The maximum atomic E-state index is 13.9. The van der Waals surface area contributed by atoms with E-state index in [1.807, 2.05) is 18.5 Å². The van der Waals surface area contributed by atoms with Gasteiger partial charge in [0.1, 0.15) is 11.6 Å². The SMILES string of the molecule is CC(c1nc(-c2cnc(NCCN[SH](=O)=O)nc2)c[nH]1)C1CCC(c2ccnc3ccc(F)cc23)CC1. The number of fused-ring (bicyclic) bond motifs is 1. The number of nitrogens with zero attached hydrogens (tertiary/aromatic N) is 4. The van der Waals surface area contributed by atoms with Crippen molar-refractivity contribution in [2.24, 2.45) is 5.92 Å². The van der Waals surface area contributed by atoms with E-state index in [1.54, 1.807) is 24.5 Å². The molecule has 0 aliphatic heterocycles. The van der Waals surface area contributed by atoms with Crippen molar-refractivity contribution in [2.45, 2.75) is 44.4 Å². The van der Waals surface area contributed by atoms with Crippen LogP contribution in [0, 0.1) is 11.7 Å². The Bertz CT molecular complexity index is 1420. The molecule has 0 bridgehead atoms. The van der Waals surface area contributed by atoms with Crippen LogP contribution in [0.5, 0.6) is 0 Å². The van der Waals surface area contributed by atoms with E-state index in [0.29, 0.717) is 24.3 Å². The van der Waals surface area contributed by atoms with Crippen LogP contribution in [-0.2, 0) is 10.9 Å². The predicted octanol–water partition coefficient (Wildman–Crippen LogP) is 4.16. The van der Waals surface area contributed by atoms with E-state index in [0.717, 1.165) is 53.7 Å². The number of imidazole rings is 1. The number of anilines is 1. The highest BCUT2D eigenvalue weighted by Crippen LogP contribution is 2.42. The molecule has 11 heteroatoms. The predicted molar refractivity (Wildman–Crippen MR) is 141 cm³/mol. The Morgan fingerprint density at radius 3 is 2.62 bits per heavy atom. The fourth-order valence-electron chi connectivity index (χ4n) is 5.24. The van der Waals surface area contributed by atoms with Crippen molar-refractivity contribution >= 4 is 27.7 Å². The number of rotatable bonds is 9. The van der Waals surface area contributed by atoms with Gasteiger partial charge in [0.05, 0.1) is 11.2 Å². The van der Waals surface area contributed by atoms with Crippen molar-refractivity contribution in [1.82, 2.24) is 29.6 Å². The highest BCUT2D eigenvalue weighted by atomic mass is 32.2. The first kappa shape index (κ1) is 25.2. The average molecular weight is 524 g/mol. The number of benzene rings is 1. The maximum absolute atomic E-state index is 13.9. The van der Waals surface area contributed by atoms with Crippen LogP contribution < -0.4 is 10.0 Å². The summed E-state index contributed by atoms with van der Waals surface area (Å²) in [5.41, 5.74) is 3.64. The van der Waals surface area contributed by atoms with Gasteiger partial charge in [0.2, 0.25) is 16.8 Å². The van der Waals surface area contributed by atoms with Gasteiger partial charge in [0, 0.05) is 54.7 Å². The lowest BCUT2D eigenvalue weighted by atomic mass is 9.73. The van der Waals surface area contributed by atoms with Crippen molar-refractivity contribution in [2.75, 3.05) is 18.4 Å². The number of aromatic nitrogens is 5. The molecular formula is C26H30FN7O2S. The molecule has 194 valence electrons. The quantitative estimate of drug-likeness (QED) is 0.192. The number of halogens is 1. The number of thiol groups is 1. The van der Waals surface area contributed by atoms with E-state index in [9.17, 15) is 12.8 Å². The van der Waals surface area contributed by atoms with Crippen molar-refractivity contribution in [3.05, 3.63) is 66.3 Å². The van der Waals surface area contributed by atoms with E-state index >= 15 is 0 Å². The lowest BCUT2D eigenvalue weighted by molar-refractivity contribution is 0.286. The first-order valence-corrected chi connectivity index (χ1v) is 13.7. The molecule has 1 aliphatic rings. The highest BCUT2D eigenvalue weighted by molar-refractivity contribution is 7.70. The molecule has 3 N–H and O–H groups in total. The molecule has 4 aromatic rings. The average Bonchev–Trinajstić information content (AvgIpc) is 3.41. The minimum atomic E-state index is -2.60. The molecular weight excluding hydrogens is 493 g/mol. The summed E-state index contributed by atoms with van der Waals surface area (Å²) in [5.74, 6) is 2.36. The number of aromatic amines is 1. The lowest BCUT2D eigenvalue weighted by Crippen LogP contribution is -2.21. The van der Waals surface area contributed by atoms with Crippen molar-refractivity contribution < 1.29 is 12.8 Å².